The fourth-order valence-electron chi connectivity index (χ4n) is 1.61. The minimum absolute atomic E-state index is 0.234. The maximum absolute atomic E-state index is 11.8. The lowest BCUT2D eigenvalue weighted by Crippen LogP contribution is -2.19. The molecule has 2 heteroatoms. The van der Waals surface area contributed by atoms with E-state index >= 15 is 0 Å². The van der Waals surface area contributed by atoms with Crippen LogP contribution >= 0.6 is 0 Å². The molecule has 2 nitrogen and oxygen atoms in total. The summed E-state index contributed by atoms with van der Waals surface area (Å²) in [5.41, 5.74) is 1.73. The standard InChI is InChI=1S/C15H20O2/c1-4-5-6-12-7-9-13(10-8-12)15(17)14(16)11(2)3/h7-11H,4-6H2,1-3H3. The molecule has 1 aromatic carbocycles. The average molecular weight is 232 g/mol. The van der Waals surface area contributed by atoms with Gasteiger partial charge in [0.25, 0.3) is 0 Å². The smallest absolute Gasteiger partial charge is 0.228 e. The second-order valence-electron chi connectivity index (χ2n) is 4.65. The highest BCUT2D eigenvalue weighted by atomic mass is 16.2. The third-order valence-electron chi connectivity index (χ3n) is 2.78. The minimum atomic E-state index is -0.373. The van der Waals surface area contributed by atoms with E-state index in [1.54, 1.807) is 26.0 Å². The summed E-state index contributed by atoms with van der Waals surface area (Å²) in [7, 11) is 0. The normalized spacial score (nSPS) is 10.6. The van der Waals surface area contributed by atoms with E-state index in [2.05, 4.69) is 6.92 Å². The van der Waals surface area contributed by atoms with Crippen molar-refractivity contribution in [2.24, 2.45) is 5.92 Å². The molecule has 0 aromatic heterocycles. The molecule has 0 radical (unpaired) electrons. The molecule has 0 aliphatic rings. The van der Waals surface area contributed by atoms with Gasteiger partial charge in [-0.3, -0.25) is 9.59 Å². The van der Waals surface area contributed by atoms with Crippen LogP contribution in [0.15, 0.2) is 24.3 Å². The third kappa shape index (κ3) is 3.81. The number of hydrogen-bond donors (Lipinski definition) is 0. The summed E-state index contributed by atoms with van der Waals surface area (Å²) in [5, 5.41) is 0. The summed E-state index contributed by atoms with van der Waals surface area (Å²) in [4.78, 5) is 23.3. The van der Waals surface area contributed by atoms with Crippen molar-refractivity contribution in [3.63, 3.8) is 0 Å². The van der Waals surface area contributed by atoms with Crippen molar-refractivity contribution in [1.29, 1.82) is 0 Å². The molecule has 92 valence electrons. The van der Waals surface area contributed by atoms with Crippen LogP contribution < -0.4 is 0 Å². The van der Waals surface area contributed by atoms with Crippen molar-refractivity contribution >= 4 is 11.6 Å². The fraction of sp³-hybridized carbons (Fsp3) is 0.467. The second-order valence-corrected chi connectivity index (χ2v) is 4.65. The van der Waals surface area contributed by atoms with Gasteiger partial charge in [0, 0.05) is 11.5 Å². The number of benzene rings is 1. The average Bonchev–Trinajstić information content (AvgIpc) is 2.35. The van der Waals surface area contributed by atoms with Crippen molar-refractivity contribution in [1.82, 2.24) is 0 Å². The molecule has 0 heterocycles. The molecule has 0 saturated carbocycles. The monoisotopic (exact) mass is 232 g/mol. The molecule has 0 saturated heterocycles. The first-order valence-corrected chi connectivity index (χ1v) is 6.23. The van der Waals surface area contributed by atoms with Crippen LogP contribution in [0.25, 0.3) is 0 Å². The van der Waals surface area contributed by atoms with Gasteiger partial charge in [-0.1, -0.05) is 51.5 Å². The number of hydrogen-bond acceptors (Lipinski definition) is 2. The van der Waals surface area contributed by atoms with Crippen LogP contribution in [0.5, 0.6) is 0 Å². The van der Waals surface area contributed by atoms with E-state index in [0.717, 1.165) is 19.3 Å². The molecule has 17 heavy (non-hydrogen) atoms. The van der Waals surface area contributed by atoms with Crippen molar-refractivity contribution in [3.05, 3.63) is 35.4 Å². The summed E-state index contributed by atoms with van der Waals surface area (Å²) in [5.74, 6) is -0.921. The van der Waals surface area contributed by atoms with Crippen molar-refractivity contribution in [2.45, 2.75) is 40.0 Å². The Balaban J connectivity index is 2.74. The van der Waals surface area contributed by atoms with Gasteiger partial charge in [0.15, 0.2) is 0 Å². The first kappa shape index (κ1) is 13.6. The first-order chi connectivity index (χ1) is 8.06. The molecule has 0 atom stereocenters. The van der Waals surface area contributed by atoms with E-state index in [0.29, 0.717) is 5.56 Å². The number of aryl methyl sites for hydroxylation is 1. The highest BCUT2D eigenvalue weighted by Gasteiger charge is 2.18. The second kappa shape index (κ2) is 6.33. The molecule has 0 unspecified atom stereocenters. The Morgan fingerprint density at radius 3 is 2.18 bits per heavy atom. The van der Waals surface area contributed by atoms with E-state index < -0.39 is 0 Å². The Morgan fingerprint density at radius 1 is 1.12 bits per heavy atom. The molecule has 0 N–H and O–H groups in total. The van der Waals surface area contributed by atoms with Gasteiger partial charge in [-0.15, -0.1) is 0 Å². The van der Waals surface area contributed by atoms with Crippen LogP contribution in [0.3, 0.4) is 0 Å². The summed E-state index contributed by atoms with van der Waals surface area (Å²) in [6.07, 6.45) is 3.34. The van der Waals surface area contributed by atoms with Crippen LogP contribution in [0.1, 0.15) is 49.5 Å². The predicted octanol–water partition coefficient (Wildman–Crippen LogP) is 3.44. The Morgan fingerprint density at radius 2 is 1.71 bits per heavy atom. The lowest BCUT2D eigenvalue weighted by Gasteiger charge is -2.04. The Kier molecular flexibility index (Phi) is 5.08. The zero-order valence-corrected chi connectivity index (χ0v) is 10.8. The van der Waals surface area contributed by atoms with Gasteiger partial charge in [0.2, 0.25) is 11.6 Å². The molecule has 0 aliphatic carbocycles. The highest BCUT2D eigenvalue weighted by Crippen LogP contribution is 2.10. The topological polar surface area (TPSA) is 34.1 Å². The molecular weight excluding hydrogens is 212 g/mol. The van der Waals surface area contributed by atoms with Gasteiger partial charge in [0.1, 0.15) is 0 Å². The van der Waals surface area contributed by atoms with E-state index in [1.165, 1.54) is 5.56 Å². The molecule has 1 rings (SSSR count). The van der Waals surface area contributed by atoms with Gasteiger partial charge in [-0.05, 0) is 18.4 Å². The lowest BCUT2D eigenvalue weighted by molar-refractivity contribution is -0.117. The minimum Gasteiger partial charge on any atom is -0.290 e. The number of unbranched alkanes of at least 4 members (excludes halogenated alkanes) is 1. The number of carbonyl (C=O) groups is 2. The Hall–Kier alpha value is -1.44. The fourth-order valence-corrected chi connectivity index (χ4v) is 1.61. The molecule has 0 bridgehead atoms. The summed E-state index contributed by atoms with van der Waals surface area (Å²) in [6.45, 7) is 5.64. The van der Waals surface area contributed by atoms with Crippen molar-refractivity contribution < 1.29 is 9.59 Å². The van der Waals surface area contributed by atoms with E-state index in [1.807, 2.05) is 12.1 Å². The maximum atomic E-state index is 11.8. The van der Waals surface area contributed by atoms with Crippen LogP contribution in [0.2, 0.25) is 0 Å². The Labute approximate surface area is 103 Å². The third-order valence-corrected chi connectivity index (χ3v) is 2.78. The zero-order chi connectivity index (χ0) is 12.8. The van der Waals surface area contributed by atoms with Crippen molar-refractivity contribution in [2.75, 3.05) is 0 Å². The van der Waals surface area contributed by atoms with E-state index in [9.17, 15) is 9.59 Å². The number of Topliss-reactive ketones (excluding diaryl/α,β-unsaturated/α-hetero) is 2. The first-order valence-electron chi connectivity index (χ1n) is 6.23. The van der Waals surface area contributed by atoms with E-state index in [4.69, 9.17) is 0 Å². The van der Waals surface area contributed by atoms with Gasteiger partial charge in [0.05, 0.1) is 0 Å². The lowest BCUT2D eigenvalue weighted by atomic mass is 9.98. The largest absolute Gasteiger partial charge is 0.290 e. The SMILES string of the molecule is CCCCc1ccc(C(=O)C(=O)C(C)C)cc1. The van der Waals surface area contributed by atoms with Crippen molar-refractivity contribution in [3.8, 4) is 0 Å². The molecule has 0 amide bonds. The number of carbonyl (C=O) groups excluding carboxylic acids is 2. The van der Waals surface area contributed by atoms with Gasteiger partial charge in [-0.25, -0.2) is 0 Å². The number of ketones is 2. The summed E-state index contributed by atoms with van der Waals surface area (Å²) in [6, 6.07) is 7.40. The van der Waals surface area contributed by atoms with Crippen LogP contribution in [0.4, 0.5) is 0 Å². The summed E-state index contributed by atoms with van der Waals surface area (Å²) < 4.78 is 0. The maximum Gasteiger partial charge on any atom is 0.228 e. The van der Waals surface area contributed by atoms with Gasteiger partial charge < -0.3 is 0 Å². The van der Waals surface area contributed by atoms with Crippen LogP contribution in [0, 0.1) is 5.92 Å². The van der Waals surface area contributed by atoms with Gasteiger partial charge >= 0.3 is 0 Å². The quantitative estimate of drug-likeness (QED) is 0.556. The molecule has 1 aromatic rings. The van der Waals surface area contributed by atoms with E-state index in [-0.39, 0.29) is 17.5 Å². The highest BCUT2D eigenvalue weighted by molar-refractivity contribution is 6.44. The Bertz CT molecular complexity index is 388. The molecule has 0 spiro atoms. The number of rotatable bonds is 6. The zero-order valence-electron chi connectivity index (χ0n) is 10.8. The van der Waals surface area contributed by atoms with Gasteiger partial charge in [-0.2, -0.15) is 0 Å². The predicted molar refractivity (Wildman–Crippen MR) is 69.2 cm³/mol. The molecular formula is C15H20O2. The summed E-state index contributed by atoms with van der Waals surface area (Å²) >= 11 is 0. The molecule has 0 aliphatic heterocycles. The molecule has 0 fully saturated rings. The van der Waals surface area contributed by atoms with Crippen LogP contribution in [-0.2, 0) is 11.2 Å². The van der Waals surface area contributed by atoms with Crippen LogP contribution in [-0.4, -0.2) is 11.6 Å².